The van der Waals surface area contributed by atoms with Crippen LogP contribution in [-0.2, 0) is 27.1 Å². The normalized spacial score (nSPS) is 11.1. The Morgan fingerprint density at radius 1 is 1.18 bits per heavy atom. The zero-order valence-electron chi connectivity index (χ0n) is 20.7. The highest BCUT2D eigenvalue weighted by Gasteiger charge is 2.33. The summed E-state index contributed by atoms with van der Waals surface area (Å²) in [6, 6.07) is 5.36. The van der Waals surface area contributed by atoms with E-state index in [1.165, 1.54) is 61.1 Å². The fourth-order valence-corrected chi connectivity index (χ4v) is 3.46. The SMILES string of the molecule is CC(=O)CCN(C)C(=O)c1c(NC=O)ncn1CC(=O)Nc1cccc(-c2cnc(C)c(C(F)(F)F)c2)n1. The Labute approximate surface area is 215 Å². The van der Waals surface area contributed by atoms with E-state index in [1.807, 2.05) is 0 Å². The molecule has 0 aliphatic rings. The van der Waals surface area contributed by atoms with Crippen molar-refractivity contribution < 1.29 is 32.3 Å². The van der Waals surface area contributed by atoms with Gasteiger partial charge < -0.3 is 20.1 Å². The first-order valence-electron chi connectivity index (χ1n) is 11.2. The van der Waals surface area contributed by atoms with Gasteiger partial charge in [0.15, 0.2) is 11.5 Å². The number of amides is 3. The highest BCUT2D eigenvalue weighted by atomic mass is 19.4. The molecule has 2 N–H and O–H groups in total. The number of rotatable bonds is 10. The average Bonchev–Trinajstić information content (AvgIpc) is 3.23. The summed E-state index contributed by atoms with van der Waals surface area (Å²) >= 11 is 0. The molecule has 0 radical (unpaired) electrons. The van der Waals surface area contributed by atoms with Gasteiger partial charge in [0.2, 0.25) is 12.3 Å². The number of ketones is 1. The first-order chi connectivity index (χ1) is 17.9. The quantitative estimate of drug-likeness (QED) is 0.384. The van der Waals surface area contributed by atoms with Crippen LogP contribution in [-0.4, -0.2) is 62.0 Å². The van der Waals surface area contributed by atoms with Crippen molar-refractivity contribution in [1.82, 2.24) is 24.4 Å². The summed E-state index contributed by atoms with van der Waals surface area (Å²) in [6.45, 7) is 2.36. The van der Waals surface area contributed by atoms with E-state index in [4.69, 9.17) is 0 Å². The van der Waals surface area contributed by atoms with Gasteiger partial charge in [0.1, 0.15) is 18.1 Å². The molecule has 11 nitrogen and oxygen atoms in total. The van der Waals surface area contributed by atoms with Crippen LogP contribution in [0.15, 0.2) is 36.8 Å². The van der Waals surface area contributed by atoms with Gasteiger partial charge in [0.05, 0.1) is 17.6 Å². The Morgan fingerprint density at radius 3 is 2.58 bits per heavy atom. The molecule has 0 aliphatic heterocycles. The number of halogens is 3. The Kier molecular flexibility index (Phi) is 8.55. The van der Waals surface area contributed by atoms with E-state index in [2.05, 4.69) is 25.6 Å². The molecule has 200 valence electrons. The summed E-state index contributed by atoms with van der Waals surface area (Å²) in [5, 5.41) is 4.84. The standard InChI is InChI=1S/C24H24F3N7O4/c1-14(36)7-8-33(3)23(38)21-22(30-13-35)29-12-34(21)11-20(37)32-19-6-4-5-18(31-19)16-9-17(24(25,26)27)15(2)28-10-16/h4-6,9-10,12-13H,7-8,11H2,1-3H3,(H,30,35)(H,31,32,37). The molecule has 0 spiro atoms. The van der Waals surface area contributed by atoms with E-state index >= 15 is 0 Å². The maximum absolute atomic E-state index is 13.3. The minimum absolute atomic E-state index is 0.0550. The highest BCUT2D eigenvalue weighted by molar-refractivity contribution is 6.00. The van der Waals surface area contributed by atoms with Crippen LogP contribution < -0.4 is 10.6 Å². The summed E-state index contributed by atoms with van der Waals surface area (Å²) in [7, 11) is 1.47. The van der Waals surface area contributed by atoms with E-state index in [1.54, 1.807) is 0 Å². The first kappa shape index (κ1) is 28.0. The van der Waals surface area contributed by atoms with Crippen LogP contribution in [0, 0.1) is 6.92 Å². The van der Waals surface area contributed by atoms with Gasteiger partial charge in [-0.25, -0.2) is 9.97 Å². The summed E-state index contributed by atoms with van der Waals surface area (Å²) in [5.41, 5.74) is -0.878. The topological polar surface area (TPSA) is 139 Å². The number of nitrogens with one attached hydrogen (secondary N) is 2. The van der Waals surface area contributed by atoms with E-state index in [0.717, 1.165) is 6.07 Å². The maximum Gasteiger partial charge on any atom is 0.418 e. The van der Waals surface area contributed by atoms with Crippen molar-refractivity contribution >= 4 is 35.6 Å². The molecule has 3 aromatic rings. The number of carbonyl (C=O) groups excluding carboxylic acids is 4. The van der Waals surface area contributed by atoms with Crippen molar-refractivity contribution in [2.75, 3.05) is 24.2 Å². The minimum atomic E-state index is -4.59. The van der Waals surface area contributed by atoms with Gasteiger partial charge in [0.25, 0.3) is 5.91 Å². The third kappa shape index (κ3) is 6.78. The number of Topliss-reactive ketones (excluding diaryl/α,β-unsaturated/α-hetero) is 1. The van der Waals surface area contributed by atoms with Crippen LogP contribution in [0.1, 0.15) is 35.1 Å². The van der Waals surface area contributed by atoms with Gasteiger partial charge >= 0.3 is 6.18 Å². The van der Waals surface area contributed by atoms with E-state index in [0.29, 0.717) is 6.41 Å². The molecule has 0 saturated carbocycles. The molecule has 0 fully saturated rings. The summed E-state index contributed by atoms with van der Waals surface area (Å²) in [5.74, 6) is -1.33. The Morgan fingerprint density at radius 2 is 1.92 bits per heavy atom. The van der Waals surface area contributed by atoms with Crippen molar-refractivity contribution in [1.29, 1.82) is 0 Å². The highest BCUT2D eigenvalue weighted by Crippen LogP contribution is 2.33. The van der Waals surface area contributed by atoms with Gasteiger partial charge in [-0.2, -0.15) is 13.2 Å². The lowest BCUT2D eigenvalue weighted by Crippen LogP contribution is -2.32. The summed E-state index contributed by atoms with van der Waals surface area (Å²) in [4.78, 5) is 61.2. The lowest BCUT2D eigenvalue weighted by atomic mass is 10.1. The number of hydrogen-bond acceptors (Lipinski definition) is 7. The van der Waals surface area contributed by atoms with E-state index < -0.39 is 30.1 Å². The molecule has 38 heavy (non-hydrogen) atoms. The number of alkyl halides is 3. The first-order valence-corrected chi connectivity index (χ1v) is 11.2. The second kappa shape index (κ2) is 11.6. The number of nitrogens with zero attached hydrogens (tertiary/aromatic N) is 5. The van der Waals surface area contributed by atoms with Crippen LogP contribution in [0.5, 0.6) is 0 Å². The molecular weight excluding hydrogens is 507 g/mol. The Hall–Kier alpha value is -4.62. The molecule has 0 saturated heterocycles. The second-order valence-electron chi connectivity index (χ2n) is 8.32. The summed E-state index contributed by atoms with van der Waals surface area (Å²) in [6.07, 6.45) is -1.69. The molecule has 0 aliphatic carbocycles. The smallest absolute Gasteiger partial charge is 0.340 e. The minimum Gasteiger partial charge on any atom is -0.340 e. The van der Waals surface area contributed by atoms with Gasteiger partial charge in [-0.1, -0.05) is 6.07 Å². The van der Waals surface area contributed by atoms with Crippen LogP contribution >= 0.6 is 0 Å². The van der Waals surface area contributed by atoms with Crippen molar-refractivity contribution in [3.63, 3.8) is 0 Å². The fourth-order valence-electron chi connectivity index (χ4n) is 3.46. The van der Waals surface area contributed by atoms with Crippen molar-refractivity contribution in [2.24, 2.45) is 0 Å². The van der Waals surface area contributed by atoms with Crippen LogP contribution in [0.3, 0.4) is 0 Å². The maximum atomic E-state index is 13.3. The number of aryl methyl sites for hydroxylation is 1. The lowest BCUT2D eigenvalue weighted by molar-refractivity contribution is -0.138. The molecule has 0 bridgehead atoms. The van der Waals surface area contributed by atoms with Crippen molar-refractivity contribution in [3.05, 3.63) is 53.7 Å². The van der Waals surface area contributed by atoms with E-state index in [-0.39, 0.29) is 53.0 Å². The average molecular weight is 531 g/mol. The van der Waals surface area contributed by atoms with Gasteiger partial charge in [-0.15, -0.1) is 0 Å². The largest absolute Gasteiger partial charge is 0.418 e. The molecule has 3 rings (SSSR count). The van der Waals surface area contributed by atoms with Crippen LogP contribution in [0.4, 0.5) is 24.8 Å². The third-order valence-corrected chi connectivity index (χ3v) is 5.40. The second-order valence-corrected chi connectivity index (χ2v) is 8.32. The van der Waals surface area contributed by atoms with Gasteiger partial charge in [-0.3, -0.25) is 24.2 Å². The fraction of sp³-hybridized carbons (Fsp3) is 0.292. The predicted molar refractivity (Wildman–Crippen MR) is 130 cm³/mol. The monoisotopic (exact) mass is 531 g/mol. The molecule has 0 atom stereocenters. The molecule has 14 heteroatoms. The molecule has 3 aromatic heterocycles. The summed E-state index contributed by atoms with van der Waals surface area (Å²) < 4.78 is 41.1. The number of hydrogen-bond donors (Lipinski definition) is 2. The van der Waals surface area contributed by atoms with E-state index in [9.17, 15) is 32.3 Å². The van der Waals surface area contributed by atoms with Crippen molar-refractivity contribution in [2.45, 2.75) is 33.0 Å². The molecule has 0 unspecified atom stereocenters. The molecule has 3 heterocycles. The van der Waals surface area contributed by atoms with Gasteiger partial charge in [0, 0.05) is 37.5 Å². The zero-order chi connectivity index (χ0) is 28.0. The molecule has 0 aromatic carbocycles. The molecule has 3 amide bonds. The van der Waals surface area contributed by atoms with Gasteiger partial charge in [-0.05, 0) is 32.0 Å². The number of carbonyl (C=O) groups is 4. The number of pyridine rings is 2. The van der Waals surface area contributed by atoms with Crippen LogP contribution in [0.25, 0.3) is 11.3 Å². The molecular formula is C24H24F3N7O4. The Bertz CT molecular complexity index is 1370. The van der Waals surface area contributed by atoms with Crippen LogP contribution in [0.2, 0.25) is 0 Å². The van der Waals surface area contributed by atoms with Crippen molar-refractivity contribution in [3.8, 4) is 11.3 Å². The number of imidazole rings is 1. The third-order valence-electron chi connectivity index (χ3n) is 5.40. The Balaban J connectivity index is 1.81. The number of aromatic nitrogens is 4. The number of anilines is 2. The lowest BCUT2D eigenvalue weighted by Gasteiger charge is -2.18. The zero-order valence-corrected chi connectivity index (χ0v) is 20.7. The predicted octanol–water partition coefficient (Wildman–Crippen LogP) is 2.93.